The third kappa shape index (κ3) is 6.33. The summed E-state index contributed by atoms with van der Waals surface area (Å²) in [5.41, 5.74) is 1.11. The van der Waals surface area contributed by atoms with Gasteiger partial charge in [-0.3, -0.25) is 4.79 Å². The van der Waals surface area contributed by atoms with Gasteiger partial charge in [0.05, 0.1) is 4.91 Å². The zero-order valence-electron chi connectivity index (χ0n) is 13.5. The maximum Gasteiger partial charge on any atom is 0.257 e. The summed E-state index contributed by atoms with van der Waals surface area (Å²) in [5.74, 6) is -0.00110. The molecule has 2 nitrogen and oxygen atoms in total. The first kappa shape index (κ1) is 17.4. The van der Waals surface area contributed by atoms with E-state index >= 15 is 0 Å². The monoisotopic (exact) mass is 325 g/mol. The molecule has 0 fully saturated rings. The first-order valence-electron chi connectivity index (χ1n) is 8.04. The first-order valence-corrected chi connectivity index (χ1v) is 8.86. The Morgan fingerprint density at radius 2 is 1.70 bits per heavy atom. The Bertz CT molecular complexity index is 623. The van der Waals surface area contributed by atoms with E-state index in [9.17, 15) is 4.79 Å². The second-order valence-electron chi connectivity index (χ2n) is 5.29. The number of benzene rings is 2. The van der Waals surface area contributed by atoms with Gasteiger partial charge in [-0.25, -0.2) is 0 Å². The number of hydrogen-bond acceptors (Lipinski definition) is 2. The zero-order chi connectivity index (χ0) is 16.3. The van der Waals surface area contributed by atoms with Crippen molar-refractivity contribution in [2.24, 2.45) is 0 Å². The zero-order valence-corrected chi connectivity index (χ0v) is 14.3. The lowest BCUT2D eigenvalue weighted by molar-refractivity contribution is -0.117. The molecule has 120 valence electrons. The number of carbonyl (C=O) groups excluding carboxylic acids is 1. The summed E-state index contributed by atoms with van der Waals surface area (Å²) in [7, 11) is 0. The number of rotatable bonds is 8. The molecule has 0 aliphatic carbocycles. The lowest BCUT2D eigenvalue weighted by Gasteiger charge is -2.09. The van der Waals surface area contributed by atoms with Crippen LogP contribution in [0.2, 0.25) is 0 Å². The highest BCUT2D eigenvalue weighted by Gasteiger charge is 2.10. The van der Waals surface area contributed by atoms with Gasteiger partial charge >= 0.3 is 0 Å². The molecule has 0 aliphatic heterocycles. The molecule has 0 saturated carbocycles. The summed E-state index contributed by atoms with van der Waals surface area (Å²) in [6, 6.07) is 20.0. The molecule has 0 radical (unpaired) electrons. The van der Waals surface area contributed by atoms with Crippen LogP contribution in [0, 0.1) is 0 Å². The van der Waals surface area contributed by atoms with Crippen molar-refractivity contribution < 1.29 is 4.79 Å². The van der Waals surface area contributed by atoms with Crippen LogP contribution in [0.1, 0.15) is 31.7 Å². The topological polar surface area (TPSA) is 29.1 Å². The molecule has 2 aromatic rings. The van der Waals surface area contributed by atoms with Crippen molar-refractivity contribution in [1.82, 2.24) is 5.32 Å². The number of carbonyl (C=O) groups is 1. The summed E-state index contributed by atoms with van der Waals surface area (Å²) in [6.07, 6.45) is 5.22. The largest absolute Gasteiger partial charge is 0.348 e. The molecule has 0 unspecified atom stereocenters. The molecule has 0 saturated heterocycles. The third-order valence-electron chi connectivity index (χ3n) is 3.38. The van der Waals surface area contributed by atoms with Crippen LogP contribution in [0.15, 0.2) is 76.5 Å². The molecule has 2 rings (SSSR count). The van der Waals surface area contributed by atoms with Crippen LogP contribution in [-0.4, -0.2) is 5.91 Å². The maximum atomic E-state index is 12.5. The van der Waals surface area contributed by atoms with Crippen LogP contribution < -0.4 is 5.32 Å². The average molecular weight is 325 g/mol. The minimum absolute atomic E-state index is 0.00110. The summed E-state index contributed by atoms with van der Waals surface area (Å²) in [5, 5.41) is 3.02. The SMILES string of the molecule is CCCC/C=C(/Sc1ccccc1)C(=O)NCc1ccccc1. The normalized spacial score (nSPS) is 11.3. The molecule has 3 heteroatoms. The molecule has 0 aliphatic rings. The molecular weight excluding hydrogens is 302 g/mol. The fraction of sp³-hybridized carbons (Fsp3) is 0.250. The predicted octanol–water partition coefficient (Wildman–Crippen LogP) is 5.17. The number of thioether (sulfide) groups is 1. The lowest BCUT2D eigenvalue weighted by atomic mass is 10.2. The van der Waals surface area contributed by atoms with Crippen molar-refractivity contribution >= 4 is 17.7 Å². The fourth-order valence-corrected chi connectivity index (χ4v) is 3.01. The van der Waals surface area contributed by atoms with Gasteiger partial charge in [-0.2, -0.15) is 0 Å². The highest BCUT2D eigenvalue weighted by molar-refractivity contribution is 8.04. The van der Waals surface area contributed by atoms with Crippen LogP contribution in [0.3, 0.4) is 0 Å². The molecule has 0 bridgehead atoms. The van der Waals surface area contributed by atoms with E-state index in [1.54, 1.807) is 0 Å². The molecule has 1 amide bonds. The lowest BCUT2D eigenvalue weighted by Crippen LogP contribution is -2.23. The predicted molar refractivity (Wildman–Crippen MR) is 98.2 cm³/mol. The van der Waals surface area contributed by atoms with Crippen LogP contribution >= 0.6 is 11.8 Å². The quantitative estimate of drug-likeness (QED) is 0.412. The second kappa shape index (κ2) is 9.90. The van der Waals surface area contributed by atoms with E-state index in [0.29, 0.717) is 6.54 Å². The van der Waals surface area contributed by atoms with Crippen LogP contribution in [0.25, 0.3) is 0 Å². The highest BCUT2D eigenvalue weighted by Crippen LogP contribution is 2.27. The number of allylic oxidation sites excluding steroid dienone is 1. The van der Waals surface area contributed by atoms with E-state index in [0.717, 1.165) is 34.6 Å². The van der Waals surface area contributed by atoms with Crippen LogP contribution in [0.5, 0.6) is 0 Å². The van der Waals surface area contributed by atoms with Gasteiger partial charge in [0.1, 0.15) is 0 Å². The van der Waals surface area contributed by atoms with Gasteiger partial charge in [-0.1, -0.05) is 86.1 Å². The summed E-state index contributed by atoms with van der Waals surface area (Å²) >= 11 is 1.53. The standard InChI is InChI=1S/C20H23NOS/c1-2-3-6-15-19(23-18-13-9-5-10-14-18)20(22)21-16-17-11-7-4-8-12-17/h4-5,7-15H,2-3,6,16H2,1H3,(H,21,22)/b19-15+. The molecule has 1 N–H and O–H groups in total. The van der Waals surface area contributed by atoms with E-state index in [4.69, 9.17) is 0 Å². The number of unbranched alkanes of at least 4 members (excludes halogenated alkanes) is 2. The molecule has 2 aromatic carbocycles. The van der Waals surface area contributed by atoms with Gasteiger partial charge < -0.3 is 5.32 Å². The van der Waals surface area contributed by atoms with Gasteiger partial charge in [-0.15, -0.1) is 0 Å². The van der Waals surface area contributed by atoms with E-state index in [1.807, 2.05) is 60.7 Å². The van der Waals surface area contributed by atoms with E-state index < -0.39 is 0 Å². The molecule has 0 spiro atoms. The molecule has 0 heterocycles. The Balaban J connectivity index is 2.00. The van der Waals surface area contributed by atoms with Crippen molar-refractivity contribution in [2.45, 2.75) is 37.6 Å². The summed E-state index contributed by atoms with van der Waals surface area (Å²) in [6.45, 7) is 2.72. The van der Waals surface area contributed by atoms with Crippen molar-refractivity contribution in [3.63, 3.8) is 0 Å². The average Bonchev–Trinajstić information content (AvgIpc) is 2.61. The Kier molecular flexibility index (Phi) is 7.47. The summed E-state index contributed by atoms with van der Waals surface area (Å²) < 4.78 is 0. The van der Waals surface area contributed by atoms with Gasteiger partial charge in [0.2, 0.25) is 0 Å². The van der Waals surface area contributed by atoms with E-state index in [1.165, 1.54) is 11.8 Å². The van der Waals surface area contributed by atoms with E-state index in [-0.39, 0.29) is 5.91 Å². The van der Waals surface area contributed by atoms with Crippen molar-refractivity contribution in [2.75, 3.05) is 0 Å². The maximum absolute atomic E-state index is 12.5. The smallest absolute Gasteiger partial charge is 0.257 e. The minimum Gasteiger partial charge on any atom is -0.348 e. The first-order chi connectivity index (χ1) is 11.3. The van der Waals surface area contributed by atoms with Crippen molar-refractivity contribution in [1.29, 1.82) is 0 Å². The van der Waals surface area contributed by atoms with Crippen molar-refractivity contribution in [3.8, 4) is 0 Å². The van der Waals surface area contributed by atoms with Gasteiger partial charge in [-0.05, 0) is 24.1 Å². The highest BCUT2D eigenvalue weighted by atomic mass is 32.2. The van der Waals surface area contributed by atoms with Crippen LogP contribution in [0.4, 0.5) is 0 Å². The second-order valence-corrected chi connectivity index (χ2v) is 6.41. The Morgan fingerprint density at radius 3 is 2.35 bits per heavy atom. The Hall–Kier alpha value is -2.00. The number of amides is 1. The van der Waals surface area contributed by atoms with E-state index in [2.05, 4.69) is 18.3 Å². The fourth-order valence-electron chi connectivity index (χ4n) is 2.10. The molecule has 23 heavy (non-hydrogen) atoms. The summed E-state index contributed by atoms with van der Waals surface area (Å²) in [4.78, 5) is 14.4. The minimum atomic E-state index is -0.00110. The van der Waals surface area contributed by atoms with Gasteiger partial charge in [0, 0.05) is 11.4 Å². The molecule has 0 aromatic heterocycles. The third-order valence-corrected chi connectivity index (χ3v) is 4.46. The Labute approximate surface area is 143 Å². The van der Waals surface area contributed by atoms with Gasteiger partial charge in [0.25, 0.3) is 5.91 Å². The van der Waals surface area contributed by atoms with Crippen molar-refractivity contribution in [3.05, 3.63) is 77.2 Å². The Morgan fingerprint density at radius 1 is 1.04 bits per heavy atom. The van der Waals surface area contributed by atoms with Crippen LogP contribution in [-0.2, 0) is 11.3 Å². The number of nitrogens with one attached hydrogen (secondary N) is 1. The molecular formula is C20H23NOS. The number of hydrogen-bond donors (Lipinski definition) is 1. The molecule has 0 atom stereocenters. The van der Waals surface area contributed by atoms with Gasteiger partial charge in [0.15, 0.2) is 0 Å².